The van der Waals surface area contributed by atoms with Gasteiger partial charge in [-0.25, -0.2) is 0 Å². The van der Waals surface area contributed by atoms with E-state index < -0.39 is 0 Å². The van der Waals surface area contributed by atoms with Crippen LogP contribution in [0.15, 0.2) is 78.3 Å². The summed E-state index contributed by atoms with van der Waals surface area (Å²) < 4.78 is 7.32. The van der Waals surface area contributed by atoms with Crippen molar-refractivity contribution in [1.82, 2.24) is 20.0 Å². The molecule has 4 aromatic rings. The fourth-order valence-corrected chi connectivity index (χ4v) is 4.91. The maximum Gasteiger partial charge on any atom is 0.255 e. The Bertz CT molecular complexity index is 1210. The fourth-order valence-electron chi connectivity index (χ4n) is 4.19. The summed E-state index contributed by atoms with van der Waals surface area (Å²) in [6.07, 6.45) is 1.86. The van der Waals surface area contributed by atoms with Crippen LogP contribution in [0.25, 0.3) is 10.6 Å². The smallest absolute Gasteiger partial charge is 0.255 e. The maximum atomic E-state index is 13.3. The van der Waals surface area contributed by atoms with E-state index in [1.807, 2.05) is 52.7 Å². The molecule has 2 aromatic heterocycles. The van der Waals surface area contributed by atoms with Crippen molar-refractivity contribution in [3.8, 4) is 10.6 Å². The lowest BCUT2D eigenvalue weighted by atomic mass is 10.1. The van der Waals surface area contributed by atoms with Gasteiger partial charge in [0.15, 0.2) is 0 Å². The molecule has 0 saturated carbocycles. The second kappa shape index (κ2) is 10.8. The highest BCUT2D eigenvalue weighted by Crippen LogP contribution is 2.27. The van der Waals surface area contributed by atoms with Crippen LogP contribution in [0.1, 0.15) is 27.0 Å². The normalized spacial score (nSPS) is 14.2. The highest BCUT2D eigenvalue weighted by atomic mass is 32.1. The van der Waals surface area contributed by atoms with Crippen LogP contribution < -0.4 is 5.32 Å². The van der Waals surface area contributed by atoms with Crippen molar-refractivity contribution in [2.75, 3.05) is 26.3 Å². The Balaban J connectivity index is 1.33. The maximum absolute atomic E-state index is 13.3. The number of thiophene rings is 1. The van der Waals surface area contributed by atoms with Crippen molar-refractivity contribution < 1.29 is 9.53 Å². The van der Waals surface area contributed by atoms with Crippen molar-refractivity contribution >= 4 is 17.2 Å². The molecule has 0 bridgehead atoms. The molecular formula is C27H28N4O2S. The second-order valence-electron chi connectivity index (χ2n) is 8.39. The summed E-state index contributed by atoms with van der Waals surface area (Å²) in [5.74, 6) is -0.108. The number of amides is 1. The summed E-state index contributed by atoms with van der Waals surface area (Å²) in [5.41, 5.74) is 4.85. The van der Waals surface area contributed by atoms with Gasteiger partial charge in [-0.1, -0.05) is 60.7 Å². The molecule has 1 saturated heterocycles. The van der Waals surface area contributed by atoms with E-state index in [0.29, 0.717) is 18.7 Å². The minimum Gasteiger partial charge on any atom is -0.379 e. The van der Waals surface area contributed by atoms with Crippen LogP contribution in [0, 0.1) is 0 Å². The number of hydrogen-bond donors (Lipinski definition) is 1. The van der Waals surface area contributed by atoms with Gasteiger partial charge < -0.3 is 10.1 Å². The lowest BCUT2D eigenvalue weighted by molar-refractivity contribution is 0.0340. The third kappa shape index (κ3) is 5.44. The van der Waals surface area contributed by atoms with E-state index in [4.69, 9.17) is 9.84 Å². The zero-order valence-electron chi connectivity index (χ0n) is 19.0. The van der Waals surface area contributed by atoms with Crippen LogP contribution in [0.3, 0.4) is 0 Å². The Labute approximate surface area is 203 Å². The molecule has 1 aliphatic heterocycles. The molecule has 0 radical (unpaired) electrons. The molecule has 34 heavy (non-hydrogen) atoms. The van der Waals surface area contributed by atoms with Crippen LogP contribution in [0.2, 0.25) is 0 Å². The first-order chi connectivity index (χ1) is 16.8. The predicted octanol–water partition coefficient (Wildman–Crippen LogP) is 4.42. The van der Waals surface area contributed by atoms with E-state index in [1.54, 1.807) is 11.3 Å². The number of rotatable bonds is 8. The number of morpholine rings is 1. The van der Waals surface area contributed by atoms with Crippen molar-refractivity contribution in [2.45, 2.75) is 19.6 Å². The molecule has 0 unspecified atom stereocenters. The Kier molecular flexibility index (Phi) is 7.14. The minimum atomic E-state index is -0.108. The van der Waals surface area contributed by atoms with Crippen molar-refractivity contribution in [2.24, 2.45) is 0 Å². The molecule has 1 N–H and O–H groups in total. The number of carbonyl (C=O) groups is 1. The van der Waals surface area contributed by atoms with Gasteiger partial charge in [0.2, 0.25) is 0 Å². The van der Waals surface area contributed by atoms with Crippen LogP contribution in [0.5, 0.6) is 0 Å². The minimum absolute atomic E-state index is 0.108. The molecule has 0 atom stereocenters. The fraction of sp³-hybridized carbons (Fsp3) is 0.259. The first kappa shape index (κ1) is 22.5. The zero-order valence-corrected chi connectivity index (χ0v) is 19.8. The molecular weight excluding hydrogens is 444 g/mol. The van der Waals surface area contributed by atoms with Gasteiger partial charge in [0, 0.05) is 32.4 Å². The first-order valence-corrected chi connectivity index (χ1v) is 12.4. The van der Waals surface area contributed by atoms with Crippen LogP contribution in [-0.2, 0) is 24.4 Å². The standard InChI is InChI=1S/C27H28N4O2S/c32-27(28-17-22-9-4-5-10-23(22)19-30-12-14-33-15-13-30)24-20-31(18-21-7-2-1-3-8-21)29-26(24)25-11-6-16-34-25/h1-11,16,20H,12-15,17-19H2,(H,28,32). The SMILES string of the molecule is O=C(NCc1ccccc1CN1CCOCC1)c1cn(Cc2ccccc2)nc1-c1cccs1. The van der Waals surface area contributed by atoms with Gasteiger partial charge in [0.05, 0.1) is 30.2 Å². The molecule has 174 valence electrons. The van der Waals surface area contributed by atoms with E-state index in [9.17, 15) is 4.79 Å². The van der Waals surface area contributed by atoms with Gasteiger partial charge >= 0.3 is 0 Å². The van der Waals surface area contributed by atoms with Gasteiger partial charge in [0.1, 0.15) is 5.69 Å². The van der Waals surface area contributed by atoms with Crippen LogP contribution in [0.4, 0.5) is 0 Å². The Morgan fingerprint density at radius 3 is 2.47 bits per heavy atom. The summed E-state index contributed by atoms with van der Waals surface area (Å²) >= 11 is 1.59. The van der Waals surface area contributed by atoms with E-state index in [-0.39, 0.29) is 5.91 Å². The van der Waals surface area contributed by atoms with Gasteiger partial charge in [-0.2, -0.15) is 5.10 Å². The molecule has 3 heterocycles. The topological polar surface area (TPSA) is 59.4 Å². The summed E-state index contributed by atoms with van der Waals surface area (Å²) in [5, 5.41) is 9.92. The van der Waals surface area contributed by atoms with Crippen LogP contribution in [-0.4, -0.2) is 46.9 Å². The van der Waals surface area contributed by atoms with Gasteiger partial charge in [-0.3, -0.25) is 14.4 Å². The summed E-state index contributed by atoms with van der Waals surface area (Å²) in [6, 6.07) is 22.5. The summed E-state index contributed by atoms with van der Waals surface area (Å²) in [7, 11) is 0. The number of benzene rings is 2. The number of aromatic nitrogens is 2. The van der Waals surface area contributed by atoms with E-state index in [1.165, 1.54) is 5.56 Å². The van der Waals surface area contributed by atoms with Crippen molar-refractivity contribution in [3.05, 3.63) is 101 Å². The van der Waals surface area contributed by atoms with Gasteiger partial charge in [0.25, 0.3) is 5.91 Å². The molecule has 7 heteroatoms. The molecule has 5 rings (SSSR count). The summed E-state index contributed by atoms with van der Waals surface area (Å²) in [4.78, 5) is 16.7. The van der Waals surface area contributed by atoms with Crippen LogP contribution >= 0.6 is 11.3 Å². The predicted molar refractivity (Wildman–Crippen MR) is 135 cm³/mol. The number of ether oxygens (including phenoxy) is 1. The molecule has 0 aliphatic carbocycles. The monoisotopic (exact) mass is 472 g/mol. The molecule has 1 amide bonds. The molecule has 6 nitrogen and oxygen atoms in total. The highest BCUT2D eigenvalue weighted by molar-refractivity contribution is 7.13. The summed E-state index contributed by atoms with van der Waals surface area (Å²) in [6.45, 7) is 5.39. The Morgan fingerprint density at radius 2 is 1.71 bits per heavy atom. The first-order valence-electron chi connectivity index (χ1n) is 11.6. The third-order valence-corrected chi connectivity index (χ3v) is 6.88. The molecule has 2 aromatic carbocycles. The zero-order chi connectivity index (χ0) is 23.2. The number of hydrogen-bond acceptors (Lipinski definition) is 5. The van der Waals surface area contributed by atoms with Crippen molar-refractivity contribution in [1.29, 1.82) is 0 Å². The van der Waals surface area contributed by atoms with Crippen molar-refractivity contribution in [3.63, 3.8) is 0 Å². The lowest BCUT2D eigenvalue weighted by Gasteiger charge is -2.27. The Morgan fingerprint density at radius 1 is 0.941 bits per heavy atom. The molecule has 1 aliphatic rings. The quantitative estimate of drug-likeness (QED) is 0.412. The Hall–Kier alpha value is -3.26. The van der Waals surface area contributed by atoms with Gasteiger partial charge in [-0.15, -0.1) is 11.3 Å². The average molecular weight is 473 g/mol. The number of carbonyl (C=O) groups excluding carboxylic acids is 1. The third-order valence-electron chi connectivity index (χ3n) is 6.00. The number of nitrogens with one attached hydrogen (secondary N) is 1. The molecule has 0 spiro atoms. The van der Waals surface area contributed by atoms with E-state index in [2.05, 4.69) is 40.5 Å². The average Bonchev–Trinajstić information content (AvgIpc) is 3.55. The van der Waals surface area contributed by atoms with Gasteiger partial charge in [-0.05, 0) is 28.1 Å². The number of nitrogens with zero attached hydrogens (tertiary/aromatic N) is 3. The second-order valence-corrected chi connectivity index (χ2v) is 9.34. The van der Waals surface area contributed by atoms with E-state index in [0.717, 1.165) is 54.5 Å². The highest BCUT2D eigenvalue weighted by Gasteiger charge is 2.19. The lowest BCUT2D eigenvalue weighted by Crippen LogP contribution is -2.36. The molecule has 1 fully saturated rings. The van der Waals surface area contributed by atoms with E-state index >= 15 is 0 Å². The largest absolute Gasteiger partial charge is 0.379 e.